The molecule has 0 aliphatic heterocycles. The molecule has 1 aromatic heterocycles. The van der Waals surface area contributed by atoms with Gasteiger partial charge < -0.3 is 5.32 Å². The van der Waals surface area contributed by atoms with Gasteiger partial charge in [0.05, 0.1) is 5.69 Å². The van der Waals surface area contributed by atoms with Crippen molar-refractivity contribution in [3.05, 3.63) is 82.0 Å². The molecule has 0 spiro atoms. The van der Waals surface area contributed by atoms with E-state index in [1.165, 1.54) is 30.3 Å². The van der Waals surface area contributed by atoms with Gasteiger partial charge in [0.15, 0.2) is 0 Å². The molecule has 8 heteroatoms. The summed E-state index contributed by atoms with van der Waals surface area (Å²) >= 11 is 0. The van der Waals surface area contributed by atoms with Gasteiger partial charge in [0, 0.05) is 23.4 Å². The van der Waals surface area contributed by atoms with Crippen LogP contribution in [-0.4, -0.2) is 15.5 Å². The number of hydrogen-bond acceptors (Lipinski definition) is 3. The first kappa shape index (κ1) is 19.3. The summed E-state index contributed by atoms with van der Waals surface area (Å²) in [5.41, 5.74) is 0.135. The summed E-state index contributed by atoms with van der Waals surface area (Å²) in [6.07, 6.45) is 0.491. The summed E-state index contributed by atoms with van der Waals surface area (Å²) in [5, 5.41) is 2.24. The van der Waals surface area contributed by atoms with Crippen molar-refractivity contribution in [1.82, 2.24) is 9.55 Å². The Balaban J connectivity index is 1.96. The topological polar surface area (TPSA) is 64.0 Å². The van der Waals surface area contributed by atoms with Gasteiger partial charge in [-0.1, -0.05) is 6.92 Å². The molecule has 0 fully saturated rings. The summed E-state index contributed by atoms with van der Waals surface area (Å²) in [5.74, 6) is -2.53. The van der Waals surface area contributed by atoms with E-state index in [0.29, 0.717) is 17.7 Å². The Hall–Kier alpha value is -3.42. The highest BCUT2D eigenvalue weighted by Crippen LogP contribution is 2.18. The van der Waals surface area contributed by atoms with Crippen molar-refractivity contribution >= 4 is 11.6 Å². The third kappa shape index (κ3) is 4.28. The molecule has 0 aliphatic carbocycles. The lowest BCUT2D eigenvalue weighted by Crippen LogP contribution is -2.30. The summed E-state index contributed by atoms with van der Waals surface area (Å²) in [7, 11) is 0. The maximum absolute atomic E-state index is 13.7. The van der Waals surface area contributed by atoms with Crippen LogP contribution in [0.5, 0.6) is 0 Å². The number of nitrogens with zero attached hydrogens (tertiary/aromatic N) is 2. The Kier molecular flexibility index (Phi) is 5.58. The number of nitrogens with one attached hydrogen (secondary N) is 1. The van der Waals surface area contributed by atoms with Crippen molar-refractivity contribution < 1.29 is 18.0 Å². The predicted octanol–water partition coefficient (Wildman–Crippen LogP) is 3.53. The predicted molar refractivity (Wildman–Crippen MR) is 98.3 cm³/mol. The highest BCUT2D eigenvalue weighted by atomic mass is 19.1. The van der Waals surface area contributed by atoms with Crippen LogP contribution >= 0.6 is 0 Å². The first-order valence-electron chi connectivity index (χ1n) is 8.49. The van der Waals surface area contributed by atoms with Crippen molar-refractivity contribution in [1.29, 1.82) is 0 Å². The second-order valence-electron chi connectivity index (χ2n) is 6.03. The van der Waals surface area contributed by atoms with Crippen LogP contribution in [0.25, 0.3) is 11.4 Å². The number of benzene rings is 2. The van der Waals surface area contributed by atoms with Gasteiger partial charge in [-0.3, -0.25) is 14.2 Å². The van der Waals surface area contributed by atoms with Gasteiger partial charge in [0.25, 0.3) is 5.56 Å². The Morgan fingerprint density at radius 2 is 1.71 bits per heavy atom. The van der Waals surface area contributed by atoms with Gasteiger partial charge in [0.1, 0.15) is 29.8 Å². The molecule has 1 N–H and O–H groups in total. The molecule has 0 aliphatic rings. The van der Waals surface area contributed by atoms with E-state index in [1.807, 2.05) is 6.92 Å². The number of amides is 1. The van der Waals surface area contributed by atoms with Crippen molar-refractivity contribution in [3.8, 4) is 11.4 Å². The summed E-state index contributed by atoms with van der Waals surface area (Å²) in [4.78, 5) is 29.2. The first-order valence-corrected chi connectivity index (χ1v) is 8.49. The molecular formula is C20H16F3N3O2. The third-order valence-electron chi connectivity index (χ3n) is 4.03. The quantitative estimate of drug-likeness (QED) is 0.729. The van der Waals surface area contributed by atoms with Crippen LogP contribution in [0.4, 0.5) is 18.9 Å². The zero-order valence-corrected chi connectivity index (χ0v) is 14.9. The molecule has 2 aromatic carbocycles. The molecule has 3 aromatic rings. The minimum absolute atomic E-state index is 0.180. The van der Waals surface area contributed by atoms with E-state index in [2.05, 4.69) is 10.3 Å². The van der Waals surface area contributed by atoms with Gasteiger partial charge in [-0.15, -0.1) is 0 Å². The lowest BCUT2D eigenvalue weighted by Gasteiger charge is -2.14. The molecule has 1 heterocycles. The monoisotopic (exact) mass is 387 g/mol. The molecular weight excluding hydrogens is 371 g/mol. The van der Waals surface area contributed by atoms with E-state index >= 15 is 0 Å². The fraction of sp³-hybridized carbons (Fsp3) is 0.150. The van der Waals surface area contributed by atoms with Crippen molar-refractivity contribution in [2.75, 3.05) is 5.32 Å². The zero-order chi connectivity index (χ0) is 20.3. The smallest absolute Gasteiger partial charge is 0.254 e. The second kappa shape index (κ2) is 8.08. The molecule has 0 saturated heterocycles. The largest absolute Gasteiger partial charge is 0.322 e. The molecule has 0 radical (unpaired) electrons. The maximum atomic E-state index is 13.7. The van der Waals surface area contributed by atoms with Crippen molar-refractivity contribution in [2.24, 2.45) is 0 Å². The fourth-order valence-electron chi connectivity index (χ4n) is 2.63. The summed E-state index contributed by atoms with van der Waals surface area (Å²) in [6.45, 7) is 1.35. The summed E-state index contributed by atoms with van der Waals surface area (Å²) in [6, 6.07) is 9.26. The highest BCUT2D eigenvalue weighted by molar-refractivity contribution is 5.91. The lowest BCUT2D eigenvalue weighted by molar-refractivity contribution is -0.116. The van der Waals surface area contributed by atoms with Crippen LogP contribution < -0.4 is 10.9 Å². The highest BCUT2D eigenvalue weighted by Gasteiger charge is 2.15. The van der Waals surface area contributed by atoms with Gasteiger partial charge in [-0.25, -0.2) is 18.2 Å². The Morgan fingerprint density at radius 1 is 1.04 bits per heavy atom. The number of carbonyl (C=O) groups is 1. The summed E-state index contributed by atoms with van der Waals surface area (Å²) < 4.78 is 41.3. The number of aryl methyl sites for hydroxylation is 1. The number of hydrogen-bond donors (Lipinski definition) is 1. The van der Waals surface area contributed by atoms with Crippen LogP contribution in [0, 0.1) is 17.5 Å². The molecule has 5 nitrogen and oxygen atoms in total. The van der Waals surface area contributed by atoms with Crippen LogP contribution in [0.2, 0.25) is 0 Å². The molecule has 3 rings (SSSR count). The van der Waals surface area contributed by atoms with E-state index in [1.54, 1.807) is 0 Å². The van der Waals surface area contributed by atoms with Gasteiger partial charge in [0.2, 0.25) is 5.91 Å². The fourth-order valence-corrected chi connectivity index (χ4v) is 2.63. The number of halogens is 3. The van der Waals surface area contributed by atoms with Crippen molar-refractivity contribution in [2.45, 2.75) is 19.9 Å². The van der Waals surface area contributed by atoms with Crippen LogP contribution in [0.3, 0.4) is 0 Å². The average Bonchev–Trinajstić information content (AvgIpc) is 2.67. The van der Waals surface area contributed by atoms with Crippen LogP contribution in [0.15, 0.2) is 53.3 Å². The van der Waals surface area contributed by atoms with Gasteiger partial charge >= 0.3 is 0 Å². The number of anilines is 1. The van der Waals surface area contributed by atoms with Crippen LogP contribution in [-0.2, 0) is 17.8 Å². The Bertz CT molecular complexity index is 1080. The Labute approximate surface area is 158 Å². The minimum Gasteiger partial charge on any atom is -0.322 e. The first-order chi connectivity index (χ1) is 13.4. The SMILES string of the molecule is CCc1cc(=O)n(CC(=O)Nc2cc(F)ccc2F)c(-c2ccc(F)cc2)n1. The van der Waals surface area contributed by atoms with E-state index in [4.69, 9.17) is 0 Å². The van der Waals surface area contributed by atoms with E-state index in [0.717, 1.165) is 22.8 Å². The van der Waals surface area contributed by atoms with Gasteiger partial charge in [-0.05, 0) is 42.8 Å². The average molecular weight is 387 g/mol. The van der Waals surface area contributed by atoms with E-state index in [-0.39, 0.29) is 11.5 Å². The maximum Gasteiger partial charge on any atom is 0.254 e. The molecule has 0 unspecified atom stereocenters. The normalized spacial score (nSPS) is 10.7. The molecule has 0 atom stereocenters. The molecule has 0 bridgehead atoms. The molecule has 28 heavy (non-hydrogen) atoms. The number of aromatic nitrogens is 2. The minimum atomic E-state index is -0.805. The number of rotatable bonds is 5. The molecule has 0 saturated carbocycles. The van der Waals surface area contributed by atoms with E-state index in [9.17, 15) is 22.8 Å². The standard InChI is InChI=1S/C20H16F3N3O2/c1-2-15-10-19(28)26(20(24-15)12-3-5-13(21)6-4-12)11-18(27)25-17-9-14(22)7-8-16(17)23/h3-10H,2,11H2,1H3,(H,25,27). The molecule has 1 amide bonds. The van der Waals surface area contributed by atoms with Crippen LogP contribution in [0.1, 0.15) is 12.6 Å². The second-order valence-corrected chi connectivity index (χ2v) is 6.03. The van der Waals surface area contributed by atoms with E-state index < -0.39 is 35.5 Å². The number of carbonyl (C=O) groups excluding carboxylic acids is 1. The Morgan fingerprint density at radius 3 is 2.39 bits per heavy atom. The third-order valence-corrected chi connectivity index (χ3v) is 4.03. The zero-order valence-electron chi connectivity index (χ0n) is 14.9. The van der Waals surface area contributed by atoms with Crippen molar-refractivity contribution in [3.63, 3.8) is 0 Å². The lowest BCUT2D eigenvalue weighted by atomic mass is 10.2. The molecule has 144 valence electrons. The van der Waals surface area contributed by atoms with Gasteiger partial charge in [-0.2, -0.15) is 0 Å².